The maximum Gasteiger partial charge on any atom is 0.281 e. The van der Waals surface area contributed by atoms with Gasteiger partial charge >= 0.3 is 0 Å². The number of methoxy groups -OCH3 is 1. The molecule has 1 aliphatic rings. The number of Topliss-reactive ketones (excluding diaryl/α,β-unsaturated/α-hetero) is 1. The number of ether oxygens (including phenoxy) is 1. The molecule has 1 saturated heterocycles. The van der Waals surface area contributed by atoms with Gasteiger partial charge in [0.05, 0.1) is 25.3 Å². The minimum atomic E-state index is -1.08. The molecule has 0 aliphatic carbocycles. The Labute approximate surface area is 245 Å². The predicted octanol–water partition coefficient (Wildman–Crippen LogP) is 6.03. The highest BCUT2D eigenvalue weighted by Crippen LogP contribution is 2.34. The molecular formula is C32H28F2N4O3S. The van der Waals surface area contributed by atoms with Crippen molar-refractivity contribution in [3.8, 4) is 17.1 Å². The molecular weight excluding hydrogens is 558 g/mol. The number of aryl methyl sites for hydroxylation is 1. The lowest BCUT2D eigenvalue weighted by molar-refractivity contribution is -0.120. The molecule has 42 heavy (non-hydrogen) atoms. The van der Waals surface area contributed by atoms with Crippen LogP contribution in [0.25, 0.3) is 21.7 Å². The number of ketones is 1. The van der Waals surface area contributed by atoms with Crippen molar-refractivity contribution in [1.82, 2.24) is 14.5 Å². The van der Waals surface area contributed by atoms with Crippen LogP contribution >= 0.6 is 11.3 Å². The van der Waals surface area contributed by atoms with Crippen molar-refractivity contribution in [3.63, 3.8) is 0 Å². The fourth-order valence-corrected chi connectivity index (χ4v) is 6.38. The van der Waals surface area contributed by atoms with Crippen LogP contribution in [-0.2, 0) is 17.8 Å². The summed E-state index contributed by atoms with van der Waals surface area (Å²) in [5.74, 6) is -1.33. The van der Waals surface area contributed by atoms with E-state index in [-0.39, 0.29) is 35.3 Å². The molecule has 2 aromatic heterocycles. The van der Waals surface area contributed by atoms with E-state index >= 15 is 4.39 Å². The number of benzene rings is 3. The van der Waals surface area contributed by atoms with Crippen LogP contribution in [0.15, 0.2) is 77.6 Å². The molecule has 0 saturated carbocycles. The summed E-state index contributed by atoms with van der Waals surface area (Å²) in [5.41, 5.74) is 1.40. The lowest BCUT2D eigenvalue weighted by atomic mass is 10.0. The number of thiazole rings is 1. The molecule has 0 radical (unpaired) electrons. The van der Waals surface area contributed by atoms with E-state index in [4.69, 9.17) is 4.74 Å². The molecule has 0 bridgehead atoms. The second-order valence-corrected chi connectivity index (χ2v) is 11.2. The number of anilines is 1. The van der Waals surface area contributed by atoms with Crippen LogP contribution < -0.4 is 15.2 Å². The first-order valence-electron chi connectivity index (χ1n) is 13.7. The van der Waals surface area contributed by atoms with Gasteiger partial charge in [0.2, 0.25) is 0 Å². The topological polar surface area (TPSA) is 77.3 Å². The molecule has 0 N–H and O–H groups in total. The van der Waals surface area contributed by atoms with Gasteiger partial charge in [0.1, 0.15) is 11.6 Å². The third-order valence-electron chi connectivity index (χ3n) is 7.57. The van der Waals surface area contributed by atoms with Crippen molar-refractivity contribution in [2.45, 2.75) is 38.3 Å². The summed E-state index contributed by atoms with van der Waals surface area (Å²) in [7, 11) is 1.56. The minimum absolute atomic E-state index is 0.00688. The molecule has 6 rings (SSSR count). The van der Waals surface area contributed by atoms with Gasteiger partial charge in [-0.25, -0.2) is 18.7 Å². The first-order chi connectivity index (χ1) is 20.4. The molecule has 10 heteroatoms. The van der Waals surface area contributed by atoms with Gasteiger partial charge in [0.25, 0.3) is 5.56 Å². The van der Waals surface area contributed by atoms with Crippen molar-refractivity contribution >= 4 is 32.6 Å². The number of halogens is 2. The van der Waals surface area contributed by atoms with Gasteiger partial charge < -0.3 is 9.64 Å². The maximum atomic E-state index is 15.0. The van der Waals surface area contributed by atoms with E-state index in [0.29, 0.717) is 41.5 Å². The summed E-state index contributed by atoms with van der Waals surface area (Å²) in [6, 6.07) is 20.5. The van der Waals surface area contributed by atoms with Crippen LogP contribution in [0, 0.1) is 11.6 Å². The van der Waals surface area contributed by atoms with E-state index in [1.54, 1.807) is 31.4 Å². The zero-order valence-electron chi connectivity index (χ0n) is 22.9. The number of hydrogen-bond donors (Lipinski definition) is 0. The number of nitrogens with zero attached hydrogens (tertiary/aromatic N) is 4. The Balaban J connectivity index is 1.38. The van der Waals surface area contributed by atoms with Crippen molar-refractivity contribution in [2.75, 3.05) is 18.6 Å². The van der Waals surface area contributed by atoms with Gasteiger partial charge in [-0.1, -0.05) is 59.9 Å². The maximum absolute atomic E-state index is 15.0. The fourth-order valence-electron chi connectivity index (χ4n) is 5.37. The van der Waals surface area contributed by atoms with E-state index in [2.05, 4.69) is 9.97 Å². The Morgan fingerprint density at radius 1 is 1.00 bits per heavy atom. The summed E-state index contributed by atoms with van der Waals surface area (Å²) in [4.78, 5) is 38.7. The van der Waals surface area contributed by atoms with Gasteiger partial charge in [0, 0.05) is 13.0 Å². The Kier molecular flexibility index (Phi) is 7.80. The van der Waals surface area contributed by atoms with Crippen LogP contribution in [-0.4, -0.2) is 40.0 Å². The Hall–Kier alpha value is -4.44. The normalized spacial score (nSPS) is 14.9. The molecule has 1 aliphatic heterocycles. The highest BCUT2D eigenvalue weighted by Gasteiger charge is 2.33. The number of aromatic nitrogens is 3. The predicted molar refractivity (Wildman–Crippen MR) is 159 cm³/mol. The SMILES string of the molecule is COc1ccc(Cn2c(-c3cccc(F)c3F)nc3sc(N4CCC[C@@H]4C(=O)CCc4ccccc4)nc3c2=O)cc1. The van der Waals surface area contributed by atoms with Crippen molar-refractivity contribution in [3.05, 3.63) is 106 Å². The van der Waals surface area contributed by atoms with Crippen LogP contribution in [0.5, 0.6) is 5.75 Å². The van der Waals surface area contributed by atoms with Crippen molar-refractivity contribution < 1.29 is 18.3 Å². The third-order valence-corrected chi connectivity index (χ3v) is 8.56. The second-order valence-electron chi connectivity index (χ2n) is 10.2. The quantitative estimate of drug-likeness (QED) is 0.210. The summed E-state index contributed by atoms with van der Waals surface area (Å²) >= 11 is 1.19. The molecule has 0 unspecified atom stereocenters. The largest absolute Gasteiger partial charge is 0.497 e. The van der Waals surface area contributed by atoms with Gasteiger partial charge in [-0.3, -0.25) is 14.2 Å². The molecule has 0 spiro atoms. The van der Waals surface area contributed by atoms with Gasteiger partial charge in [0.15, 0.2) is 32.9 Å². The first kappa shape index (κ1) is 27.7. The Morgan fingerprint density at radius 3 is 2.55 bits per heavy atom. The monoisotopic (exact) mass is 586 g/mol. The number of carbonyl (C=O) groups is 1. The fraction of sp³-hybridized carbons (Fsp3) is 0.250. The molecule has 1 fully saturated rings. The molecule has 3 heterocycles. The summed E-state index contributed by atoms with van der Waals surface area (Å²) in [5, 5.41) is 0.526. The standard InChI is InChI=1S/C32H28F2N4O3S/c1-41-22-15-12-21(13-16-22)19-38-29(23-9-5-10-24(33)27(23)34)36-30-28(31(38)40)35-32(42-30)37-18-6-11-25(37)26(39)17-14-20-7-3-2-4-8-20/h2-5,7-10,12-13,15-16,25H,6,11,14,17-19H2,1H3/t25-/m1/s1. The Morgan fingerprint density at radius 2 is 1.79 bits per heavy atom. The van der Waals surface area contributed by atoms with Crippen LogP contribution in [0.1, 0.15) is 30.4 Å². The molecule has 7 nitrogen and oxygen atoms in total. The van der Waals surface area contributed by atoms with Crippen molar-refractivity contribution in [2.24, 2.45) is 0 Å². The zero-order valence-corrected chi connectivity index (χ0v) is 23.7. The minimum Gasteiger partial charge on any atom is -0.497 e. The van der Waals surface area contributed by atoms with Gasteiger partial charge in [-0.15, -0.1) is 0 Å². The number of fused-ring (bicyclic) bond motifs is 1. The van der Waals surface area contributed by atoms with Crippen LogP contribution in [0.3, 0.4) is 0 Å². The smallest absolute Gasteiger partial charge is 0.281 e. The number of rotatable bonds is 9. The number of carbonyl (C=O) groups excluding carboxylic acids is 1. The highest BCUT2D eigenvalue weighted by molar-refractivity contribution is 7.21. The first-order valence-corrected chi connectivity index (χ1v) is 14.6. The van der Waals surface area contributed by atoms with Crippen LogP contribution in [0.4, 0.5) is 13.9 Å². The van der Waals surface area contributed by atoms with Gasteiger partial charge in [-0.2, -0.15) is 0 Å². The number of hydrogen-bond acceptors (Lipinski definition) is 7. The molecule has 0 amide bonds. The zero-order chi connectivity index (χ0) is 29.2. The van der Waals surface area contributed by atoms with E-state index in [9.17, 15) is 14.0 Å². The lowest BCUT2D eigenvalue weighted by Gasteiger charge is -2.22. The van der Waals surface area contributed by atoms with E-state index < -0.39 is 17.2 Å². The molecule has 3 aromatic carbocycles. The lowest BCUT2D eigenvalue weighted by Crippen LogP contribution is -2.36. The third kappa shape index (κ3) is 5.42. The average molecular weight is 587 g/mol. The summed E-state index contributed by atoms with van der Waals surface area (Å²) in [6.07, 6.45) is 2.60. The molecule has 5 aromatic rings. The Bertz CT molecular complexity index is 1810. The van der Waals surface area contributed by atoms with E-state index in [1.165, 1.54) is 28.0 Å². The summed E-state index contributed by atoms with van der Waals surface area (Å²) < 4.78 is 35.8. The second kappa shape index (κ2) is 11.8. The highest BCUT2D eigenvalue weighted by atomic mass is 32.1. The summed E-state index contributed by atoms with van der Waals surface area (Å²) in [6.45, 7) is 0.696. The average Bonchev–Trinajstić information content (AvgIpc) is 3.67. The van der Waals surface area contributed by atoms with Gasteiger partial charge in [-0.05, 0) is 54.7 Å². The molecule has 1 atom stereocenters. The van der Waals surface area contributed by atoms with E-state index in [1.807, 2.05) is 35.2 Å². The van der Waals surface area contributed by atoms with E-state index in [0.717, 1.165) is 23.6 Å². The van der Waals surface area contributed by atoms with Crippen LogP contribution in [0.2, 0.25) is 0 Å². The van der Waals surface area contributed by atoms with Crippen molar-refractivity contribution in [1.29, 1.82) is 0 Å². The molecule has 214 valence electrons.